The van der Waals surface area contributed by atoms with E-state index in [2.05, 4.69) is 11.9 Å². The van der Waals surface area contributed by atoms with E-state index in [0.717, 1.165) is 24.3 Å². The molecule has 1 aromatic carbocycles. The van der Waals surface area contributed by atoms with E-state index in [1.807, 2.05) is 30.5 Å². The fourth-order valence-corrected chi connectivity index (χ4v) is 1.76. The van der Waals surface area contributed by atoms with Crippen LogP contribution in [-0.4, -0.2) is 18.9 Å². The van der Waals surface area contributed by atoms with Gasteiger partial charge in [0.2, 0.25) is 0 Å². The summed E-state index contributed by atoms with van der Waals surface area (Å²) in [5.74, 6) is 0.972. The Kier molecular flexibility index (Phi) is 3.38. The zero-order chi connectivity index (χ0) is 10.5. The molecule has 15 heavy (non-hydrogen) atoms. The summed E-state index contributed by atoms with van der Waals surface area (Å²) < 4.78 is 5.93. The standard InChI is InChI=1S/C13H17NO/c1-2-3-7-12-10-14-9-11-6-4-5-8-13(11)15-12/h4-6,8-9,12H,2-3,7,10H2,1H3. The van der Waals surface area contributed by atoms with Crippen LogP contribution in [0.3, 0.4) is 0 Å². The maximum absolute atomic E-state index is 5.93. The molecular weight excluding hydrogens is 186 g/mol. The molecule has 80 valence electrons. The molecule has 0 bridgehead atoms. The van der Waals surface area contributed by atoms with Crippen LogP contribution in [-0.2, 0) is 0 Å². The highest BCUT2D eigenvalue weighted by Crippen LogP contribution is 2.21. The van der Waals surface area contributed by atoms with Gasteiger partial charge in [0.05, 0.1) is 6.54 Å². The number of hydrogen-bond donors (Lipinski definition) is 0. The zero-order valence-corrected chi connectivity index (χ0v) is 9.15. The third kappa shape index (κ3) is 2.58. The van der Waals surface area contributed by atoms with E-state index in [-0.39, 0.29) is 6.10 Å². The third-order valence-corrected chi connectivity index (χ3v) is 2.63. The lowest BCUT2D eigenvalue weighted by Gasteiger charge is -2.15. The molecule has 0 N–H and O–H groups in total. The molecule has 1 aliphatic rings. The minimum Gasteiger partial charge on any atom is -0.488 e. The zero-order valence-electron chi connectivity index (χ0n) is 9.15. The van der Waals surface area contributed by atoms with Crippen molar-refractivity contribution in [3.05, 3.63) is 29.8 Å². The Balaban J connectivity index is 2.09. The van der Waals surface area contributed by atoms with E-state index in [9.17, 15) is 0 Å². The number of aliphatic imine (C=N–C) groups is 1. The van der Waals surface area contributed by atoms with E-state index in [0.29, 0.717) is 0 Å². The Morgan fingerprint density at radius 3 is 3.13 bits per heavy atom. The number of para-hydroxylation sites is 1. The molecule has 0 amide bonds. The van der Waals surface area contributed by atoms with Crippen LogP contribution in [0.1, 0.15) is 31.7 Å². The molecule has 2 rings (SSSR count). The molecule has 1 aliphatic heterocycles. The molecule has 0 aromatic heterocycles. The van der Waals surface area contributed by atoms with Gasteiger partial charge in [0.25, 0.3) is 0 Å². The molecule has 0 aliphatic carbocycles. The fourth-order valence-electron chi connectivity index (χ4n) is 1.76. The van der Waals surface area contributed by atoms with Gasteiger partial charge in [-0.1, -0.05) is 25.5 Å². The molecule has 2 heteroatoms. The van der Waals surface area contributed by atoms with Crippen LogP contribution in [0.4, 0.5) is 0 Å². The Morgan fingerprint density at radius 2 is 2.27 bits per heavy atom. The maximum atomic E-state index is 5.93. The van der Waals surface area contributed by atoms with Crippen LogP contribution < -0.4 is 4.74 Å². The van der Waals surface area contributed by atoms with Crippen molar-refractivity contribution in [2.45, 2.75) is 32.3 Å². The van der Waals surface area contributed by atoms with Crippen molar-refractivity contribution < 1.29 is 4.74 Å². The molecule has 1 atom stereocenters. The lowest BCUT2D eigenvalue weighted by molar-refractivity contribution is 0.198. The predicted molar refractivity (Wildman–Crippen MR) is 62.8 cm³/mol. The SMILES string of the molecule is CCCCC1CN=Cc2ccccc2O1. The first-order valence-electron chi connectivity index (χ1n) is 5.65. The number of rotatable bonds is 3. The third-order valence-electron chi connectivity index (χ3n) is 2.63. The van der Waals surface area contributed by atoms with Gasteiger partial charge in [-0.05, 0) is 25.0 Å². The van der Waals surface area contributed by atoms with Gasteiger partial charge in [0, 0.05) is 11.8 Å². The molecule has 0 saturated heterocycles. The fraction of sp³-hybridized carbons (Fsp3) is 0.462. The topological polar surface area (TPSA) is 21.6 Å². The van der Waals surface area contributed by atoms with E-state index >= 15 is 0 Å². The predicted octanol–water partition coefficient (Wildman–Crippen LogP) is 3.06. The summed E-state index contributed by atoms with van der Waals surface area (Å²) in [6.45, 7) is 2.99. The number of fused-ring (bicyclic) bond motifs is 1. The van der Waals surface area contributed by atoms with E-state index in [4.69, 9.17) is 4.74 Å². The Morgan fingerprint density at radius 1 is 1.40 bits per heavy atom. The van der Waals surface area contributed by atoms with Crippen molar-refractivity contribution in [2.24, 2.45) is 4.99 Å². The molecule has 1 heterocycles. The highest BCUT2D eigenvalue weighted by molar-refractivity contribution is 5.83. The molecule has 0 fully saturated rings. The second-order valence-electron chi connectivity index (χ2n) is 3.91. The maximum Gasteiger partial charge on any atom is 0.128 e. The molecule has 1 aromatic rings. The van der Waals surface area contributed by atoms with Crippen molar-refractivity contribution in [2.75, 3.05) is 6.54 Å². The van der Waals surface area contributed by atoms with Gasteiger partial charge < -0.3 is 4.74 Å². The summed E-state index contributed by atoms with van der Waals surface area (Å²) in [6.07, 6.45) is 5.70. The van der Waals surface area contributed by atoms with Gasteiger partial charge in [-0.25, -0.2) is 0 Å². The minimum atomic E-state index is 0.254. The van der Waals surface area contributed by atoms with Crippen molar-refractivity contribution in [3.8, 4) is 5.75 Å². The first-order chi connectivity index (χ1) is 7.40. The summed E-state index contributed by atoms with van der Waals surface area (Å²) in [7, 11) is 0. The van der Waals surface area contributed by atoms with Crippen molar-refractivity contribution in [1.29, 1.82) is 0 Å². The first kappa shape index (κ1) is 10.2. The second-order valence-corrected chi connectivity index (χ2v) is 3.91. The highest BCUT2D eigenvalue weighted by atomic mass is 16.5. The normalized spacial score (nSPS) is 19.1. The van der Waals surface area contributed by atoms with Crippen LogP contribution in [0.25, 0.3) is 0 Å². The smallest absolute Gasteiger partial charge is 0.128 e. The summed E-state index contributed by atoms with van der Waals surface area (Å²) in [4.78, 5) is 4.40. The lowest BCUT2D eigenvalue weighted by Crippen LogP contribution is -2.19. The number of ether oxygens (including phenoxy) is 1. The van der Waals surface area contributed by atoms with Crippen LogP contribution in [0.5, 0.6) is 5.75 Å². The molecule has 0 saturated carbocycles. The van der Waals surface area contributed by atoms with E-state index in [1.165, 1.54) is 12.8 Å². The average molecular weight is 203 g/mol. The highest BCUT2D eigenvalue weighted by Gasteiger charge is 2.13. The number of unbranched alkanes of at least 4 members (excludes halogenated alkanes) is 1. The van der Waals surface area contributed by atoms with Crippen LogP contribution in [0.15, 0.2) is 29.3 Å². The molecule has 0 spiro atoms. The Labute approximate surface area is 91.0 Å². The molecule has 2 nitrogen and oxygen atoms in total. The number of nitrogens with zero attached hydrogens (tertiary/aromatic N) is 1. The minimum absolute atomic E-state index is 0.254. The van der Waals surface area contributed by atoms with Crippen molar-refractivity contribution >= 4 is 6.21 Å². The van der Waals surface area contributed by atoms with Crippen LogP contribution in [0, 0.1) is 0 Å². The summed E-state index contributed by atoms with van der Waals surface area (Å²) in [6, 6.07) is 8.09. The second kappa shape index (κ2) is 4.96. The van der Waals surface area contributed by atoms with Gasteiger partial charge in [0.15, 0.2) is 0 Å². The van der Waals surface area contributed by atoms with Gasteiger partial charge in [-0.3, -0.25) is 4.99 Å². The molecule has 0 radical (unpaired) electrons. The summed E-state index contributed by atoms with van der Waals surface area (Å²) in [5, 5.41) is 0. The quantitative estimate of drug-likeness (QED) is 0.739. The van der Waals surface area contributed by atoms with Crippen LogP contribution >= 0.6 is 0 Å². The summed E-state index contributed by atoms with van der Waals surface area (Å²) >= 11 is 0. The van der Waals surface area contributed by atoms with Crippen molar-refractivity contribution in [3.63, 3.8) is 0 Å². The van der Waals surface area contributed by atoms with Crippen LogP contribution in [0.2, 0.25) is 0 Å². The van der Waals surface area contributed by atoms with E-state index < -0.39 is 0 Å². The number of hydrogen-bond acceptors (Lipinski definition) is 2. The van der Waals surface area contributed by atoms with E-state index in [1.54, 1.807) is 0 Å². The largest absolute Gasteiger partial charge is 0.488 e. The van der Waals surface area contributed by atoms with Crippen molar-refractivity contribution in [1.82, 2.24) is 0 Å². The van der Waals surface area contributed by atoms with Gasteiger partial charge in [-0.15, -0.1) is 0 Å². The van der Waals surface area contributed by atoms with Gasteiger partial charge in [0.1, 0.15) is 11.9 Å². The molecular formula is C13H17NO. The van der Waals surface area contributed by atoms with Gasteiger partial charge >= 0.3 is 0 Å². The Hall–Kier alpha value is -1.31. The average Bonchev–Trinajstić information content (AvgIpc) is 2.47. The van der Waals surface area contributed by atoms with Gasteiger partial charge in [-0.2, -0.15) is 0 Å². The monoisotopic (exact) mass is 203 g/mol. The molecule has 1 unspecified atom stereocenters. The first-order valence-corrected chi connectivity index (χ1v) is 5.65. The Bertz CT molecular complexity index is 346. The number of benzene rings is 1. The lowest BCUT2D eigenvalue weighted by atomic mass is 10.1. The summed E-state index contributed by atoms with van der Waals surface area (Å²) in [5.41, 5.74) is 1.09.